The number of benzene rings is 1. The zero-order chi connectivity index (χ0) is 16.7. The highest BCUT2D eigenvalue weighted by molar-refractivity contribution is 5.94. The molecule has 2 atom stereocenters. The van der Waals surface area contributed by atoms with Gasteiger partial charge in [-0.15, -0.1) is 0 Å². The molecule has 1 aromatic carbocycles. The number of nitrogens with zero attached hydrogens (tertiary/aromatic N) is 3. The number of alkyl carbamates (subject to hydrolysis) is 1. The van der Waals surface area contributed by atoms with E-state index in [2.05, 4.69) is 27.8 Å². The molecule has 2 aliphatic heterocycles. The van der Waals surface area contributed by atoms with Gasteiger partial charge in [-0.2, -0.15) is 5.26 Å². The number of hydrogen-bond donors (Lipinski definition) is 1. The van der Waals surface area contributed by atoms with Gasteiger partial charge in [0.15, 0.2) is 0 Å². The maximum absolute atomic E-state index is 11.3. The number of amides is 1. The summed E-state index contributed by atoms with van der Waals surface area (Å²) in [7, 11) is 0. The zero-order valence-corrected chi connectivity index (χ0v) is 12.7. The molecule has 1 aromatic heterocycles. The van der Waals surface area contributed by atoms with E-state index in [1.54, 1.807) is 18.3 Å². The maximum atomic E-state index is 11.3. The van der Waals surface area contributed by atoms with Crippen LogP contribution in [0.3, 0.4) is 0 Å². The standard InChI is InChI=1S/C17H14N4O3/c1-2-23-14-6-12-10(5-11(14)7-18)3-4-19-16(12)21-8-13-15(9-21)24-17(22)20-13/h2-6,13,15H,1,8-9H2,(H,20,22). The van der Waals surface area contributed by atoms with Crippen molar-refractivity contribution in [1.29, 1.82) is 5.26 Å². The second-order valence-electron chi connectivity index (χ2n) is 5.70. The Morgan fingerprint density at radius 3 is 3.12 bits per heavy atom. The van der Waals surface area contributed by atoms with E-state index in [1.807, 2.05) is 6.07 Å². The van der Waals surface area contributed by atoms with Crippen LogP contribution < -0.4 is 15.0 Å². The van der Waals surface area contributed by atoms with Crippen LogP contribution in [-0.2, 0) is 4.74 Å². The summed E-state index contributed by atoms with van der Waals surface area (Å²) in [5.41, 5.74) is 0.438. The third kappa shape index (κ3) is 2.20. The topological polar surface area (TPSA) is 87.5 Å². The van der Waals surface area contributed by atoms with Crippen LogP contribution in [0.4, 0.5) is 10.6 Å². The largest absolute Gasteiger partial charge is 0.464 e. The van der Waals surface area contributed by atoms with Gasteiger partial charge >= 0.3 is 6.09 Å². The summed E-state index contributed by atoms with van der Waals surface area (Å²) in [6, 6.07) is 7.52. The summed E-state index contributed by atoms with van der Waals surface area (Å²) in [6.45, 7) is 4.74. The molecule has 0 aliphatic carbocycles. The number of fused-ring (bicyclic) bond motifs is 2. The lowest BCUT2D eigenvalue weighted by Gasteiger charge is -2.20. The first kappa shape index (κ1) is 14.3. The maximum Gasteiger partial charge on any atom is 0.407 e. The van der Waals surface area contributed by atoms with E-state index in [9.17, 15) is 10.1 Å². The first-order chi connectivity index (χ1) is 11.7. The van der Waals surface area contributed by atoms with Gasteiger partial charge < -0.3 is 19.7 Å². The summed E-state index contributed by atoms with van der Waals surface area (Å²) in [6.07, 6.45) is 2.47. The molecule has 0 bridgehead atoms. The highest BCUT2D eigenvalue weighted by Gasteiger charge is 2.42. The van der Waals surface area contributed by atoms with E-state index < -0.39 is 0 Å². The fourth-order valence-corrected chi connectivity index (χ4v) is 3.24. The molecule has 4 rings (SSSR count). The van der Waals surface area contributed by atoms with Crippen molar-refractivity contribution in [3.8, 4) is 11.8 Å². The van der Waals surface area contributed by atoms with E-state index in [-0.39, 0.29) is 18.2 Å². The molecule has 24 heavy (non-hydrogen) atoms. The number of nitriles is 1. The number of rotatable bonds is 3. The highest BCUT2D eigenvalue weighted by Crippen LogP contribution is 2.33. The monoisotopic (exact) mass is 322 g/mol. The normalized spacial score (nSPS) is 21.8. The third-order valence-electron chi connectivity index (χ3n) is 4.30. The second kappa shape index (κ2) is 5.42. The van der Waals surface area contributed by atoms with Crippen molar-refractivity contribution in [2.45, 2.75) is 12.1 Å². The quantitative estimate of drug-likeness (QED) is 0.869. The number of hydrogen-bond acceptors (Lipinski definition) is 6. The SMILES string of the molecule is C=COc1cc2c(N3CC4NC(=O)OC4C3)nccc2cc1C#N. The van der Waals surface area contributed by atoms with Crippen molar-refractivity contribution in [3.05, 3.63) is 42.8 Å². The lowest BCUT2D eigenvalue weighted by molar-refractivity contribution is 0.144. The molecule has 3 heterocycles. The van der Waals surface area contributed by atoms with Crippen molar-refractivity contribution in [1.82, 2.24) is 10.3 Å². The molecule has 0 spiro atoms. The molecule has 0 saturated carbocycles. The Morgan fingerprint density at radius 2 is 2.38 bits per heavy atom. The van der Waals surface area contributed by atoms with Crippen molar-refractivity contribution in [2.24, 2.45) is 0 Å². The average molecular weight is 322 g/mol. The fourth-order valence-electron chi connectivity index (χ4n) is 3.24. The van der Waals surface area contributed by atoms with Gasteiger partial charge in [0, 0.05) is 18.1 Å². The molecule has 2 fully saturated rings. The number of nitrogens with one attached hydrogen (secondary N) is 1. The molecule has 7 nitrogen and oxygen atoms in total. The van der Waals surface area contributed by atoms with E-state index in [4.69, 9.17) is 9.47 Å². The number of anilines is 1. The van der Waals surface area contributed by atoms with E-state index >= 15 is 0 Å². The molecular formula is C17H14N4O3. The minimum Gasteiger partial charge on any atom is -0.464 e. The van der Waals surface area contributed by atoms with Crippen LogP contribution in [-0.4, -0.2) is 36.3 Å². The van der Waals surface area contributed by atoms with E-state index in [1.165, 1.54) is 6.26 Å². The van der Waals surface area contributed by atoms with Crippen LogP contribution in [0.1, 0.15) is 5.56 Å². The number of pyridine rings is 1. The number of carbonyl (C=O) groups is 1. The lowest BCUT2D eigenvalue weighted by Crippen LogP contribution is -2.32. The van der Waals surface area contributed by atoms with Crippen molar-refractivity contribution in [3.63, 3.8) is 0 Å². The minimum absolute atomic E-state index is 0.0307. The van der Waals surface area contributed by atoms with E-state index in [0.717, 1.165) is 16.6 Å². The summed E-state index contributed by atoms with van der Waals surface area (Å²) in [5, 5.41) is 13.8. The molecule has 7 heteroatoms. The van der Waals surface area contributed by atoms with Gasteiger partial charge in [0.25, 0.3) is 0 Å². The van der Waals surface area contributed by atoms with E-state index in [0.29, 0.717) is 24.4 Å². The zero-order valence-electron chi connectivity index (χ0n) is 12.7. The Kier molecular flexibility index (Phi) is 3.24. The molecule has 120 valence electrons. The molecule has 1 amide bonds. The predicted molar refractivity (Wildman–Crippen MR) is 86.7 cm³/mol. The van der Waals surface area contributed by atoms with Crippen LogP contribution in [0.15, 0.2) is 37.2 Å². The highest BCUT2D eigenvalue weighted by atomic mass is 16.6. The van der Waals surface area contributed by atoms with Gasteiger partial charge in [0.2, 0.25) is 0 Å². The Balaban J connectivity index is 1.76. The predicted octanol–water partition coefficient (Wildman–Crippen LogP) is 1.93. The number of ether oxygens (including phenoxy) is 2. The summed E-state index contributed by atoms with van der Waals surface area (Å²) >= 11 is 0. The van der Waals surface area contributed by atoms with Crippen LogP contribution in [0.5, 0.6) is 5.75 Å². The summed E-state index contributed by atoms with van der Waals surface area (Å²) < 4.78 is 10.6. The molecule has 2 unspecified atom stereocenters. The van der Waals surface area contributed by atoms with Crippen LogP contribution in [0.2, 0.25) is 0 Å². The minimum atomic E-state index is -0.365. The lowest BCUT2D eigenvalue weighted by atomic mass is 10.1. The van der Waals surface area contributed by atoms with Gasteiger partial charge in [-0.25, -0.2) is 9.78 Å². The Labute approximate surface area is 138 Å². The number of carbonyl (C=O) groups excluding carboxylic acids is 1. The third-order valence-corrected chi connectivity index (χ3v) is 4.30. The molecule has 1 N–H and O–H groups in total. The smallest absolute Gasteiger partial charge is 0.407 e. The molecule has 2 aromatic rings. The first-order valence-electron chi connectivity index (χ1n) is 7.52. The molecule has 2 saturated heterocycles. The summed E-state index contributed by atoms with van der Waals surface area (Å²) in [4.78, 5) is 17.8. The van der Waals surface area contributed by atoms with Crippen molar-refractivity contribution in [2.75, 3.05) is 18.0 Å². The first-order valence-corrected chi connectivity index (χ1v) is 7.52. The van der Waals surface area contributed by atoms with Crippen LogP contribution >= 0.6 is 0 Å². The average Bonchev–Trinajstić information content (AvgIpc) is 3.11. The van der Waals surface area contributed by atoms with Crippen molar-refractivity contribution < 1.29 is 14.3 Å². The Bertz CT molecular complexity index is 873. The van der Waals surface area contributed by atoms with Gasteiger partial charge in [-0.1, -0.05) is 6.58 Å². The molecule has 2 aliphatic rings. The fraction of sp³-hybridized carbons (Fsp3) is 0.235. The van der Waals surface area contributed by atoms with Gasteiger partial charge in [-0.05, 0) is 23.6 Å². The number of aromatic nitrogens is 1. The Morgan fingerprint density at radius 1 is 1.50 bits per heavy atom. The molecule has 0 radical (unpaired) electrons. The van der Waals surface area contributed by atoms with Gasteiger partial charge in [0.1, 0.15) is 23.7 Å². The molecular weight excluding hydrogens is 308 g/mol. The Hall–Kier alpha value is -3.27. The van der Waals surface area contributed by atoms with Gasteiger partial charge in [0.05, 0.1) is 24.4 Å². The van der Waals surface area contributed by atoms with Gasteiger partial charge in [-0.3, -0.25) is 0 Å². The van der Waals surface area contributed by atoms with Crippen LogP contribution in [0.25, 0.3) is 10.8 Å². The second-order valence-corrected chi connectivity index (χ2v) is 5.70. The van der Waals surface area contributed by atoms with Crippen LogP contribution in [0, 0.1) is 11.3 Å². The van der Waals surface area contributed by atoms with Crippen molar-refractivity contribution >= 4 is 22.7 Å². The summed E-state index contributed by atoms with van der Waals surface area (Å²) in [5.74, 6) is 1.22.